The van der Waals surface area contributed by atoms with E-state index in [1.807, 2.05) is 6.92 Å². The van der Waals surface area contributed by atoms with E-state index in [-0.39, 0.29) is 5.91 Å². The Labute approximate surface area is 94.7 Å². The molecule has 1 atom stereocenters. The van der Waals surface area contributed by atoms with Crippen LogP contribution in [-0.4, -0.2) is 28.0 Å². The molecule has 5 nitrogen and oxygen atoms in total. The molecule has 0 aromatic carbocycles. The van der Waals surface area contributed by atoms with Gasteiger partial charge in [0.25, 0.3) is 0 Å². The van der Waals surface area contributed by atoms with Crippen molar-refractivity contribution in [2.45, 2.75) is 31.7 Å². The van der Waals surface area contributed by atoms with E-state index in [2.05, 4.69) is 20.6 Å². The van der Waals surface area contributed by atoms with Crippen LogP contribution in [0.1, 0.15) is 26.2 Å². The van der Waals surface area contributed by atoms with Crippen LogP contribution in [0.25, 0.3) is 0 Å². The molecule has 1 amide bonds. The fraction of sp³-hybridized carbons (Fsp3) is 0.545. The van der Waals surface area contributed by atoms with E-state index in [0.717, 1.165) is 25.8 Å². The van der Waals surface area contributed by atoms with Crippen molar-refractivity contribution in [3.63, 3.8) is 0 Å². The molecule has 1 aromatic heterocycles. The van der Waals surface area contributed by atoms with E-state index in [4.69, 9.17) is 0 Å². The van der Waals surface area contributed by atoms with Crippen molar-refractivity contribution in [2.75, 3.05) is 11.9 Å². The van der Waals surface area contributed by atoms with Crippen LogP contribution in [0.4, 0.5) is 5.95 Å². The van der Waals surface area contributed by atoms with E-state index in [1.54, 1.807) is 18.5 Å². The van der Waals surface area contributed by atoms with Crippen LogP contribution in [0.15, 0.2) is 18.5 Å². The van der Waals surface area contributed by atoms with E-state index in [9.17, 15) is 4.79 Å². The van der Waals surface area contributed by atoms with Gasteiger partial charge in [-0.05, 0) is 38.8 Å². The zero-order valence-electron chi connectivity index (χ0n) is 9.36. The van der Waals surface area contributed by atoms with Crippen LogP contribution in [0.5, 0.6) is 0 Å². The largest absolute Gasteiger partial charge is 0.304 e. The zero-order chi connectivity index (χ0) is 11.4. The minimum absolute atomic E-state index is 0.0570. The van der Waals surface area contributed by atoms with Gasteiger partial charge in [0.2, 0.25) is 11.9 Å². The van der Waals surface area contributed by atoms with Crippen LogP contribution in [-0.2, 0) is 4.79 Å². The van der Waals surface area contributed by atoms with Crippen LogP contribution < -0.4 is 10.6 Å². The van der Waals surface area contributed by atoms with Gasteiger partial charge in [-0.2, -0.15) is 0 Å². The molecule has 1 unspecified atom stereocenters. The first kappa shape index (κ1) is 11.0. The predicted molar refractivity (Wildman–Crippen MR) is 60.9 cm³/mol. The first-order chi connectivity index (χ1) is 7.71. The number of carbonyl (C=O) groups is 1. The van der Waals surface area contributed by atoms with E-state index in [1.165, 1.54) is 0 Å². The summed E-state index contributed by atoms with van der Waals surface area (Å²) in [5, 5.41) is 5.98. The Kier molecular flexibility index (Phi) is 3.14. The van der Waals surface area contributed by atoms with Crippen molar-refractivity contribution in [1.82, 2.24) is 15.3 Å². The van der Waals surface area contributed by atoms with Crippen LogP contribution in [0.3, 0.4) is 0 Å². The minimum atomic E-state index is -0.489. The van der Waals surface area contributed by atoms with Gasteiger partial charge in [-0.25, -0.2) is 9.97 Å². The lowest BCUT2D eigenvalue weighted by molar-refractivity contribution is -0.122. The highest BCUT2D eigenvalue weighted by Crippen LogP contribution is 2.19. The average molecular weight is 220 g/mol. The third-order valence-electron chi connectivity index (χ3n) is 2.91. The fourth-order valence-electron chi connectivity index (χ4n) is 1.85. The SMILES string of the molecule is CC1(C(=O)Nc2ncccn2)CCCCN1. The number of amides is 1. The van der Waals surface area contributed by atoms with Crippen molar-refractivity contribution >= 4 is 11.9 Å². The summed E-state index contributed by atoms with van der Waals surface area (Å²) in [5.41, 5.74) is -0.489. The molecule has 1 aliphatic heterocycles. The van der Waals surface area contributed by atoms with Crippen molar-refractivity contribution in [2.24, 2.45) is 0 Å². The maximum atomic E-state index is 12.0. The molecule has 1 fully saturated rings. The maximum Gasteiger partial charge on any atom is 0.246 e. The number of piperidine rings is 1. The van der Waals surface area contributed by atoms with Crippen LogP contribution >= 0.6 is 0 Å². The van der Waals surface area contributed by atoms with E-state index < -0.39 is 5.54 Å². The van der Waals surface area contributed by atoms with E-state index in [0.29, 0.717) is 5.95 Å². The summed E-state index contributed by atoms with van der Waals surface area (Å²) in [6, 6.07) is 1.72. The second-order valence-corrected chi connectivity index (χ2v) is 4.24. The Morgan fingerprint density at radius 2 is 2.19 bits per heavy atom. The Morgan fingerprint density at radius 3 is 2.81 bits per heavy atom. The highest BCUT2D eigenvalue weighted by atomic mass is 16.2. The number of carbonyl (C=O) groups excluding carboxylic acids is 1. The Morgan fingerprint density at radius 1 is 1.44 bits per heavy atom. The molecule has 16 heavy (non-hydrogen) atoms. The predicted octanol–water partition coefficient (Wildman–Crippen LogP) is 0.947. The third-order valence-corrected chi connectivity index (χ3v) is 2.91. The lowest BCUT2D eigenvalue weighted by atomic mass is 9.90. The molecule has 0 aliphatic carbocycles. The fourth-order valence-corrected chi connectivity index (χ4v) is 1.85. The highest BCUT2D eigenvalue weighted by Gasteiger charge is 2.34. The summed E-state index contributed by atoms with van der Waals surface area (Å²) >= 11 is 0. The maximum absolute atomic E-state index is 12.0. The number of hydrogen-bond donors (Lipinski definition) is 2. The van der Waals surface area contributed by atoms with Gasteiger partial charge < -0.3 is 5.32 Å². The molecule has 1 saturated heterocycles. The molecular weight excluding hydrogens is 204 g/mol. The number of aromatic nitrogens is 2. The minimum Gasteiger partial charge on any atom is -0.304 e. The van der Waals surface area contributed by atoms with Crippen LogP contribution in [0.2, 0.25) is 0 Å². The second kappa shape index (κ2) is 4.57. The summed E-state index contributed by atoms with van der Waals surface area (Å²) in [6.07, 6.45) is 6.28. The molecule has 5 heteroatoms. The molecule has 1 aliphatic rings. The van der Waals surface area contributed by atoms with Crippen molar-refractivity contribution in [3.8, 4) is 0 Å². The normalized spacial score (nSPS) is 25.1. The third kappa shape index (κ3) is 2.36. The molecule has 2 heterocycles. The van der Waals surface area contributed by atoms with Gasteiger partial charge in [-0.1, -0.05) is 0 Å². The molecule has 0 saturated carbocycles. The Balaban J connectivity index is 2.02. The van der Waals surface area contributed by atoms with Gasteiger partial charge in [-0.15, -0.1) is 0 Å². The first-order valence-electron chi connectivity index (χ1n) is 5.54. The van der Waals surface area contributed by atoms with Gasteiger partial charge in [0.15, 0.2) is 0 Å². The topological polar surface area (TPSA) is 66.9 Å². The van der Waals surface area contributed by atoms with Gasteiger partial charge in [-0.3, -0.25) is 10.1 Å². The summed E-state index contributed by atoms with van der Waals surface area (Å²) < 4.78 is 0. The quantitative estimate of drug-likeness (QED) is 0.778. The molecule has 0 spiro atoms. The van der Waals surface area contributed by atoms with Gasteiger partial charge in [0, 0.05) is 12.4 Å². The number of hydrogen-bond acceptors (Lipinski definition) is 4. The second-order valence-electron chi connectivity index (χ2n) is 4.24. The lowest BCUT2D eigenvalue weighted by Crippen LogP contribution is -2.54. The van der Waals surface area contributed by atoms with Gasteiger partial charge in [0.05, 0.1) is 5.54 Å². The smallest absolute Gasteiger partial charge is 0.246 e. The molecule has 86 valence electrons. The van der Waals surface area contributed by atoms with Gasteiger partial charge >= 0.3 is 0 Å². The van der Waals surface area contributed by atoms with Gasteiger partial charge in [0.1, 0.15) is 0 Å². The average Bonchev–Trinajstić information content (AvgIpc) is 2.31. The Bertz CT molecular complexity index is 360. The monoisotopic (exact) mass is 220 g/mol. The Hall–Kier alpha value is -1.49. The lowest BCUT2D eigenvalue weighted by Gasteiger charge is -2.33. The number of nitrogens with zero attached hydrogens (tertiary/aromatic N) is 2. The molecular formula is C11H16N4O. The van der Waals surface area contributed by atoms with Crippen molar-refractivity contribution in [1.29, 1.82) is 0 Å². The summed E-state index contributed by atoms with van der Waals surface area (Å²) in [7, 11) is 0. The van der Waals surface area contributed by atoms with Crippen LogP contribution in [0, 0.1) is 0 Å². The summed E-state index contributed by atoms with van der Waals surface area (Å²) in [5.74, 6) is 0.305. The first-order valence-corrected chi connectivity index (χ1v) is 5.54. The standard InChI is InChI=1S/C11H16N4O/c1-11(5-2-3-8-14-11)9(16)15-10-12-6-4-7-13-10/h4,6-7,14H,2-3,5,8H2,1H3,(H,12,13,15,16). The summed E-state index contributed by atoms with van der Waals surface area (Å²) in [4.78, 5) is 20.0. The number of anilines is 1. The van der Waals surface area contributed by atoms with E-state index >= 15 is 0 Å². The molecule has 2 rings (SSSR count). The number of nitrogens with one attached hydrogen (secondary N) is 2. The molecule has 0 radical (unpaired) electrons. The molecule has 0 bridgehead atoms. The highest BCUT2D eigenvalue weighted by molar-refractivity contribution is 5.96. The molecule has 2 N–H and O–H groups in total. The van der Waals surface area contributed by atoms with Crippen molar-refractivity contribution < 1.29 is 4.79 Å². The molecule has 1 aromatic rings. The number of rotatable bonds is 2. The zero-order valence-corrected chi connectivity index (χ0v) is 9.36. The summed E-state index contributed by atoms with van der Waals surface area (Å²) in [6.45, 7) is 2.81. The van der Waals surface area contributed by atoms with Crippen molar-refractivity contribution in [3.05, 3.63) is 18.5 Å².